The van der Waals surface area contributed by atoms with Gasteiger partial charge in [0.15, 0.2) is 0 Å². The maximum atomic E-state index is 10.6. The lowest BCUT2D eigenvalue weighted by molar-refractivity contribution is -0.136. The lowest BCUT2D eigenvalue weighted by Crippen LogP contribution is -2.00. The molecule has 0 aliphatic rings. The molecule has 3 heteroatoms. The van der Waals surface area contributed by atoms with Crippen molar-refractivity contribution in [3.63, 3.8) is 0 Å². The number of aromatic nitrogens is 1. The molecule has 0 radical (unpaired) electrons. The van der Waals surface area contributed by atoms with Crippen molar-refractivity contribution in [2.24, 2.45) is 0 Å². The van der Waals surface area contributed by atoms with Crippen LogP contribution in [0.2, 0.25) is 0 Å². The van der Waals surface area contributed by atoms with Crippen molar-refractivity contribution in [2.45, 2.75) is 26.7 Å². The van der Waals surface area contributed by atoms with Crippen LogP contribution in [0.15, 0.2) is 24.3 Å². The van der Waals surface area contributed by atoms with Crippen molar-refractivity contribution in [3.05, 3.63) is 41.1 Å². The van der Waals surface area contributed by atoms with Crippen LogP contribution in [0.5, 0.6) is 0 Å². The van der Waals surface area contributed by atoms with Gasteiger partial charge >= 0.3 is 5.97 Å². The van der Waals surface area contributed by atoms with Crippen LogP contribution < -0.4 is 0 Å². The monoisotopic (exact) mass is 229 g/mol. The molecule has 1 aromatic carbocycles. The molecular formula is C14H15NO2. The molecule has 0 bridgehead atoms. The van der Waals surface area contributed by atoms with Crippen molar-refractivity contribution in [1.82, 2.24) is 4.98 Å². The molecule has 2 aromatic rings. The number of pyridine rings is 1. The number of carbonyl (C=O) groups is 1. The van der Waals surface area contributed by atoms with Gasteiger partial charge in [0, 0.05) is 17.5 Å². The number of rotatable bonds is 3. The Bertz CT molecular complexity index is 576. The minimum atomic E-state index is -0.783. The highest BCUT2D eigenvalue weighted by atomic mass is 16.4. The molecule has 1 N–H and O–H groups in total. The van der Waals surface area contributed by atoms with Crippen molar-refractivity contribution in [2.75, 3.05) is 0 Å². The molecule has 0 aliphatic carbocycles. The first-order valence-corrected chi connectivity index (χ1v) is 5.65. The van der Waals surface area contributed by atoms with Crippen LogP contribution in [0.25, 0.3) is 10.9 Å². The van der Waals surface area contributed by atoms with Crippen LogP contribution in [0, 0.1) is 13.8 Å². The average molecular weight is 229 g/mol. The molecule has 0 fully saturated rings. The molecule has 0 atom stereocenters. The molecule has 2 rings (SSSR count). The zero-order chi connectivity index (χ0) is 12.4. The second-order valence-corrected chi connectivity index (χ2v) is 4.30. The number of para-hydroxylation sites is 1. The van der Waals surface area contributed by atoms with Gasteiger partial charge in [0.25, 0.3) is 0 Å². The van der Waals surface area contributed by atoms with Gasteiger partial charge in [-0.2, -0.15) is 0 Å². The number of carboxylic acid groups (broad SMARTS) is 1. The third-order valence-electron chi connectivity index (χ3n) is 2.90. The Kier molecular flexibility index (Phi) is 3.09. The van der Waals surface area contributed by atoms with E-state index in [2.05, 4.69) is 4.98 Å². The molecule has 1 heterocycles. The van der Waals surface area contributed by atoms with Gasteiger partial charge in [0.1, 0.15) is 0 Å². The summed E-state index contributed by atoms with van der Waals surface area (Å²) in [5, 5.41) is 9.83. The van der Waals surface area contributed by atoms with Gasteiger partial charge in [-0.05, 0) is 31.0 Å². The van der Waals surface area contributed by atoms with E-state index in [1.165, 1.54) is 0 Å². The number of fused-ring (bicyclic) bond motifs is 1. The van der Waals surface area contributed by atoms with E-state index in [4.69, 9.17) is 5.11 Å². The third-order valence-corrected chi connectivity index (χ3v) is 2.90. The van der Waals surface area contributed by atoms with Crippen LogP contribution in [-0.2, 0) is 11.2 Å². The second-order valence-electron chi connectivity index (χ2n) is 4.30. The SMILES string of the molecule is Cc1cc(CCC(=O)O)nc2c(C)cccc12. The summed E-state index contributed by atoms with van der Waals surface area (Å²) in [5.41, 5.74) is 4.11. The van der Waals surface area contributed by atoms with Crippen molar-refractivity contribution in [1.29, 1.82) is 0 Å². The number of aryl methyl sites for hydroxylation is 3. The Labute approximate surface area is 100 Å². The molecule has 3 nitrogen and oxygen atoms in total. The Morgan fingerprint density at radius 2 is 2.06 bits per heavy atom. The Hall–Kier alpha value is -1.90. The molecule has 1 aromatic heterocycles. The summed E-state index contributed by atoms with van der Waals surface area (Å²) in [5.74, 6) is -0.783. The van der Waals surface area contributed by atoms with Gasteiger partial charge in [-0.3, -0.25) is 9.78 Å². The minimum absolute atomic E-state index is 0.129. The quantitative estimate of drug-likeness (QED) is 0.880. The molecule has 0 saturated carbocycles. The predicted octanol–water partition coefficient (Wildman–Crippen LogP) is 2.87. The molecule has 17 heavy (non-hydrogen) atoms. The highest BCUT2D eigenvalue weighted by molar-refractivity contribution is 5.84. The third kappa shape index (κ3) is 2.44. The smallest absolute Gasteiger partial charge is 0.303 e. The largest absolute Gasteiger partial charge is 0.481 e. The number of nitrogens with zero attached hydrogens (tertiary/aromatic N) is 1. The summed E-state index contributed by atoms with van der Waals surface area (Å²) >= 11 is 0. The molecular weight excluding hydrogens is 214 g/mol. The fraction of sp³-hybridized carbons (Fsp3) is 0.286. The van der Waals surface area contributed by atoms with E-state index >= 15 is 0 Å². The summed E-state index contributed by atoms with van der Waals surface area (Å²) in [4.78, 5) is 15.1. The molecule has 0 unspecified atom stereocenters. The lowest BCUT2D eigenvalue weighted by Gasteiger charge is -2.07. The van der Waals surface area contributed by atoms with Gasteiger partial charge in [-0.15, -0.1) is 0 Å². The second kappa shape index (κ2) is 4.53. The van der Waals surface area contributed by atoms with Gasteiger partial charge in [-0.1, -0.05) is 18.2 Å². The standard InChI is InChI=1S/C14H15NO2/c1-9-4-3-5-12-10(2)8-11(15-14(9)12)6-7-13(16)17/h3-5,8H,6-7H2,1-2H3,(H,16,17). The topological polar surface area (TPSA) is 50.2 Å². The van der Waals surface area contributed by atoms with Gasteiger partial charge in [-0.25, -0.2) is 0 Å². The molecule has 88 valence electrons. The number of benzene rings is 1. The highest BCUT2D eigenvalue weighted by Gasteiger charge is 2.06. The summed E-state index contributed by atoms with van der Waals surface area (Å²) in [7, 11) is 0. The lowest BCUT2D eigenvalue weighted by atomic mass is 10.0. The van der Waals surface area contributed by atoms with Gasteiger partial charge < -0.3 is 5.11 Å². The highest BCUT2D eigenvalue weighted by Crippen LogP contribution is 2.21. The fourth-order valence-corrected chi connectivity index (χ4v) is 1.99. The van der Waals surface area contributed by atoms with Gasteiger partial charge in [0.05, 0.1) is 11.9 Å². The van der Waals surface area contributed by atoms with Gasteiger partial charge in [0.2, 0.25) is 0 Å². The van der Waals surface area contributed by atoms with E-state index in [1.54, 1.807) is 0 Å². The van der Waals surface area contributed by atoms with Crippen molar-refractivity contribution < 1.29 is 9.90 Å². The first kappa shape index (κ1) is 11.6. The zero-order valence-electron chi connectivity index (χ0n) is 10.0. The van der Waals surface area contributed by atoms with Crippen molar-refractivity contribution >= 4 is 16.9 Å². The summed E-state index contributed by atoms with van der Waals surface area (Å²) in [6.07, 6.45) is 0.615. The van der Waals surface area contributed by atoms with E-state index < -0.39 is 5.97 Å². The number of carboxylic acids is 1. The first-order valence-electron chi connectivity index (χ1n) is 5.65. The van der Waals surface area contributed by atoms with Crippen LogP contribution in [-0.4, -0.2) is 16.1 Å². The van der Waals surface area contributed by atoms with Crippen molar-refractivity contribution in [3.8, 4) is 0 Å². The molecule has 0 aliphatic heterocycles. The molecule has 0 spiro atoms. The number of aliphatic carboxylic acids is 1. The first-order chi connectivity index (χ1) is 8.08. The van der Waals surface area contributed by atoms with Crippen LogP contribution in [0.3, 0.4) is 0 Å². The van der Waals surface area contributed by atoms with Crippen LogP contribution in [0.1, 0.15) is 23.2 Å². The normalized spacial score (nSPS) is 10.7. The fourth-order valence-electron chi connectivity index (χ4n) is 1.99. The van der Waals surface area contributed by atoms with Crippen LogP contribution >= 0.6 is 0 Å². The zero-order valence-corrected chi connectivity index (χ0v) is 10.0. The number of hydrogen-bond donors (Lipinski definition) is 1. The maximum Gasteiger partial charge on any atom is 0.303 e. The minimum Gasteiger partial charge on any atom is -0.481 e. The van der Waals surface area contributed by atoms with E-state index in [9.17, 15) is 4.79 Å². The maximum absolute atomic E-state index is 10.6. The predicted molar refractivity (Wildman–Crippen MR) is 67.2 cm³/mol. The van der Waals surface area contributed by atoms with E-state index in [0.717, 1.165) is 27.7 Å². The summed E-state index contributed by atoms with van der Waals surface area (Å²) in [6.45, 7) is 4.06. The Balaban J connectivity index is 2.46. The van der Waals surface area contributed by atoms with Crippen LogP contribution in [0.4, 0.5) is 0 Å². The van der Waals surface area contributed by atoms with E-state index in [0.29, 0.717) is 6.42 Å². The Morgan fingerprint density at radius 3 is 2.76 bits per heavy atom. The van der Waals surface area contributed by atoms with E-state index in [1.807, 2.05) is 38.1 Å². The summed E-state index contributed by atoms with van der Waals surface area (Å²) < 4.78 is 0. The Morgan fingerprint density at radius 1 is 1.29 bits per heavy atom. The summed E-state index contributed by atoms with van der Waals surface area (Å²) in [6, 6.07) is 8.06. The van der Waals surface area contributed by atoms with E-state index in [-0.39, 0.29) is 6.42 Å². The molecule has 0 amide bonds. The average Bonchev–Trinajstić information content (AvgIpc) is 2.28. The molecule has 0 saturated heterocycles. The number of hydrogen-bond acceptors (Lipinski definition) is 2.